The van der Waals surface area contributed by atoms with Crippen LogP contribution in [-0.2, 0) is 11.3 Å². The van der Waals surface area contributed by atoms with Crippen LogP contribution in [0.5, 0.6) is 11.5 Å². The Morgan fingerprint density at radius 3 is 2.81 bits per heavy atom. The van der Waals surface area contributed by atoms with Gasteiger partial charge in [0.25, 0.3) is 5.91 Å². The quantitative estimate of drug-likeness (QED) is 0.413. The third-order valence-electron chi connectivity index (χ3n) is 6.53. The number of rotatable bonds is 4. The SMILES string of the molecule is [C-]#[N+]C[C@H]1CN(c2nc(=O)n3c4c(c(-c5c(O)cccc5F)c(Cl)cc24)OCC3)CCN1C(=O)C(=C)F. The Morgan fingerprint density at radius 2 is 2.11 bits per heavy atom. The van der Waals surface area contributed by atoms with Crippen molar-refractivity contribution < 1.29 is 23.4 Å². The Bertz CT molecular complexity index is 1550. The van der Waals surface area contributed by atoms with Crippen molar-refractivity contribution in [2.75, 3.05) is 37.7 Å². The molecule has 190 valence electrons. The van der Waals surface area contributed by atoms with Crippen LogP contribution in [0, 0.1) is 12.4 Å². The predicted molar refractivity (Wildman–Crippen MR) is 133 cm³/mol. The Balaban J connectivity index is 1.69. The molecule has 2 aliphatic heterocycles. The number of ether oxygens (including phenoxy) is 1. The zero-order valence-electron chi connectivity index (χ0n) is 19.4. The molecule has 0 saturated carbocycles. The first-order valence-electron chi connectivity index (χ1n) is 11.3. The second-order valence-electron chi connectivity index (χ2n) is 8.65. The summed E-state index contributed by atoms with van der Waals surface area (Å²) in [6, 6.07) is 4.72. The lowest BCUT2D eigenvalue weighted by Crippen LogP contribution is -2.57. The van der Waals surface area contributed by atoms with Crippen molar-refractivity contribution in [2.24, 2.45) is 0 Å². The molecule has 1 amide bonds. The first-order valence-corrected chi connectivity index (χ1v) is 11.7. The summed E-state index contributed by atoms with van der Waals surface area (Å²) in [4.78, 5) is 36.0. The standard InChI is InChI=1S/C25H20ClF2N5O4/c1-13(27)24(35)32-7-6-31(12-14(32)11-29-2)23-15-10-16(26)19(20-17(28)4-3-5-18(20)34)22-21(15)33(8-9-37-22)25(36)30-23/h3-5,10,14,34H,1,6-9,11-12H2/t14-/m0/s1. The molecule has 0 unspecified atom stereocenters. The molecule has 0 aliphatic carbocycles. The van der Waals surface area contributed by atoms with Gasteiger partial charge in [-0.15, -0.1) is 0 Å². The minimum Gasteiger partial charge on any atom is -0.507 e. The number of amides is 1. The smallest absolute Gasteiger partial charge is 0.350 e. The highest BCUT2D eigenvalue weighted by Gasteiger charge is 2.36. The molecule has 0 spiro atoms. The van der Waals surface area contributed by atoms with Gasteiger partial charge in [-0.25, -0.2) is 20.1 Å². The molecule has 3 aromatic rings. The lowest BCUT2D eigenvalue weighted by Gasteiger charge is -2.40. The maximum Gasteiger partial charge on any atom is 0.350 e. The van der Waals surface area contributed by atoms with E-state index in [9.17, 15) is 23.5 Å². The third-order valence-corrected chi connectivity index (χ3v) is 6.83. The molecule has 3 heterocycles. The van der Waals surface area contributed by atoms with Crippen LogP contribution < -0.4 is 15.3 Å². The van der Waals surface area contributed by atoms with Gasteiger partial charge in [0, 0.05) is 25.0 Å². The van der Waals surface area contributed by atoms with E-state index in [1.165, 1.54) is 33.7 Å². The normalized spacial score (nSPS) is 16.9. The molecule has 0 bridgehead atoms. The van der Waals surface area contributed by atoms with Gasteiger partial charge >= 0.3 is 5.69 Å². The lowest BCUT2D eigenvalue weighted by atomic mass is 9.99. The number of anilines is 1. The molecule has 1 atom stereocenters. The molecular weight excluding hydrogens is 508 g/mol. The van der Waals surface area contributed by atoms with E-state index in [4.69, 9.17) is 22.9 Å². The number of carbonyl (C=O) groups excluding carboxylic acids is 1. The summed E-state index contributed by atoms with van der Waals surface area (Å²) in [5.41, 5.74) is -0.284. The van der Waals surface area contributed by atoms with E-state index in [2.05, 4.69) is 16.4 Å². The number of aromatic hydroxyl groups is 1. The number of carbonyl (C=O) groups is 1. The average Bonchev–Trinajstić information content (AvgIpc) is 2.87. The molecule has 2 aliphatic rings. The van der Waals surface area contributed by atoms with Gasteiger partial charge < -0.3 is 24.5 Å². The van der Waals surface area contributed by atoms with E-state index in [1.54, 1.807) is 4.90 Å². The lowest BCUT2D eigenvalue weighted by molar-refractivity contribution is -0.131. The zero-order valence-corrected chi connectivity index (χ0v) is 20.1. The maximum absolute atomic E-state index is 14.8. The minimum atomic E-state index is -1.12. The van der Waals surface area contributed by atoms with Crippen LogP contribution >= 0.6 is 11.6 Å². The van der Waals surface area contributed by atoms with Crippen LogP contribution in [0.15, 0.2) is 41.5 Å². The fourth-order valence-electron chi connectivity index (χ4n) is 4.92. The van der Waals surface area contributed by atoms with Crippen LogP contribution in [-0.4, -0.2) is 64.3 Å². The van der Waals surface area contributed by atoms with Crippen molar-refractivity contribution in [2.45, 2.75) is 12.6 Å². The molecule has 9 nitrogen and oxygen atoms in total. The van der Waals surface area contributed by atoms with Crippen LogP contribution in [0.4, 0.5) is 14.6 Å². The summed E-state index contributed by atoms with van der Waals surface area (Å²) in [5, 5.41) is 10.9. The number of phenolic OH excluding ortho intramolecular Hbond substituents is 1. The average molecular weight is 528 g/mol. The second-order valence-corrected chi connectivity index (χ2v) is 9.06. The van der Waals surface area contributed by atoms with Gasteiger partial charge in [0.2, 0.25) is 6.54 Å². The number of nitrogens with zero attached hydrogens (tertiary/aromatic N) is 5. The highest BCUT2D eigenvalue weighted by atomic mass is 35.5. The third kappa shape index (κ3) is 4.03. The Morgan fingerprint density at radius 1 is 1.32 bits per heavy atom. The number of hydrogen-bond acceptors (Lipinski definition) is 6. The summed E-state index contributed by atoms with van der Waals surface area (Å²) in [6.07, 6.45) is 0. The van der Waals surface area contributed by atoms with E-state index in [0.29, 0.717) is 10.9 Å². The fraction of sp³-hybridized carbons (Fsp3) is 0.280. The molecule has 5 rings (SSSR count). The van der Waals surface area contributed by atoms with Crippen molar-refractivity contribution >= 4 is 34.2 Å². The van der Waals surface area contributed by atoms with E-state index in [-0.39, 0.29) is 72.8 Å². The van der Waals surface area contributed by atoms with E-state index < -0.39 is 29.3 Å². The van der Waals surface area contributed by atoms with Gasteiger partial charge in [-0.05, 0) is 18.2 Å². The summed E-state index contributed by atoms with van der Waals surface area (Å²) in [7, 11) is 0. The fourth-order valence-corrected chi connectivity index (χ4v) is 5.20. The molecule has 37 heavy (non-hydrogen) atoms. The zero-order chi connectivity index (χ0) is 26.4. The molecule has 2 aromatic carbocycles. The number of hydrogen-bond donors (Lipinski definition) is 1. The van der Waals surface area contributed by atoms with Gasteiger partial charge in [-0.3, -0.25) is 9.36 Å². The van der Waals surface area contributed by atoms with E-state index in [0.717, 1.165) is 0 Å². The van der Waals surface area contributed by atoms with Crippen molar-refractivity contribution in [1.82, 2.24) is 14.5 Å². The largest absolute Gasteiger partial charge is 0.507 e. The molecule has 1 fully saturated rings. The molecule has 1 aromatic heterocycles. The highest BCUT2D eigenvalue weighted by molar-refractivity contribution is 6.35. The van der Waals surface area contributed by atoms with Crippen LogP contribution in [0.3, 0.4) is 0 Å². The van der Waals surface area contributed by atoms with Crippen molar-refractivity contribution in [1.29, 1.82) is 0 Å². The topological polar surface area (TPSA) is 92.3 Å². The summed E-state index contributed by atoms with van der Waals surface area (Å²) < 4.78 is 35.7. The van der Waals surface area contributed by atoms with Crippen LogP contribution in [0.1, 0.15) is 0 Å². The Kier molecular flexibility index (Phi) is 6.21. The highest BCUT2D eigenvalue weighted by Crippen LogP contribution is 2.48. The number of piperazine rings is 1. The summed E-state index contributed by atoms with van der Waals surface area (Å²) in [5.74, 6) is -2.68. The van der Waals surface area contributed by atoms with Gasteiger partial charge in [0.1, 0.15) is 30.0 Å². The molecular formula is C25H20ClF2N5O4. The first-order chi connectivity index (χ1) is 17.7. The number of phenols is 1. The monoisotopic (exact) mass is 527 g/mol. The Labute approximate surface area is 214 Å². The molecule has 1 N–H and O–H groups in total. The molecule has 0 radical (unpaired) electrons. The van der Waals surface area contributed by atoms with Crippen molar-refractivity contribution in [3.05, 3.63) is 69.4 Å². The number of halogens is 3. The van der Waals surface area contributed by atoms with Gasteiger partial charge in [0.05, 0.1) is 28.2 Å². The van der Waals surface area contributed by atoms with E-state index >= 15 is 0 Å². The van der Waals surface area contributed by atoms with Crippen molar-refractivity contribution in [3.8, 4) is 22.6 Å². The molecule has 1 saturated heterocycles. The van der Waals surface area contributed by atoms with Crippen LogP contribution in [0.2, 0.25) is 5.02 Å². The number of aromatic nitrogens is 2. The van der Waals surface area contributed by atoms with Crippen LogP contribution in [0.25, 0.3) is 26.9 Å². The predicted octanol–water partition coefficient (Wildman–Crippen LogP) is 3.37. The number of benzene rings is 2. The van der Waals surface area contributed by atoms with E-state index in [1.807, 2.05) is 0 Å². The van der Waals surface area contributed by atoms with Crippen molar-refractivity contribution in [3.63, 3.8) is 0 Å². The maximum atomic E-state index is 14.8. The first kappa shape index (κ1) is 24.5. The minimum absolute atomic E-state index is 0.0679. The van der Waals surface area contributed by atoms with Gasteiger partial charge in [-0.2, -0.15) is 4.98 Å². The molecule has 12 heteroatoms. The van der Waals surface area contributed by atoms with Gasteiger partial charge in [0.15, 0.2) is 11.6 Å². The summed E-state index contributed by atoms with van der Waals surface area (Å²) in [6.45, 7) is 10.9. The Hall–Kier alpha value is -4.17. The second kappa shape index (κ2) is 9.37. The summed E-state index contributed by atoms with van der Waals surface area (Å²) >= 11 is 6.64. The van der Waals surface area contributed by atoms with Gasteiger partial charge in [-0.1, -0.05) is 24.2 Å².